The lowest BCUT2D eigenvalue weighted by Crippen LogP contribution is -1.97. The molecule has 2 aromatic rings. The zero-order valence-corrected chi connectivity index (χ0v) is 9.22. The Labute approximate surface area is 91.8 Å². The summed E-state index contributed by atoms with van der Waals surface area (Å²) in [5.74, 6) is 1.17. The number of carbonyl (C=O) groups excluding carboxylic acids is 1. The van der Waals surface area contributed by atoms with E-state index < -0.39 is 0 Å². The van der Waals surface area contributed by atoms with Crippen LogP contribution < -0.4 is 9.47 Å². The minimum atomic E-state index is -0.119. The van der Waals surface area contributed by atoms with E-state index in [0.29, 0.717) is 23.2 Å². The fraction of sp³-hybridized carbons (Fsp3) is 0.300. The van der Waals surface area contributed by atoms with Crippen LogP contribution in [0.15, 0.2) is 12.3 Å². The van der Waals surface area contributed by atoms with E-state index in [9.17, 15) is 4.79 Å². The molecule has 84 valence electrons. The molecule has 2 rings (SSSR count). The van der Waals surface area contributed by atoms with E-state index in [1.807, 2.05) is 0 Å². The van der Waals surface area contributed by atoms with Crippen LogP contribution in [-0.2, 0) is 0 Å². The first-order valence-electron chi connectivity index (χ1n) is 4.64. The van der Waals surface area contributed by atoms with Gasteiger partial charge in [-0.2, -0.15) is 4.98 Å². The molecule has 0 unspecified atom stereocenters. The van der Waals surface area contributed by atoms with E-state index >= 15 is 0 Å². The number of ether oxygens (including phenoxy) is 2. The van der Waals surface area contributed by atoms with E-state index in [2.05, 4.69) is 9.97 Å². The van der Waals surface area contributed by atoms with Crippen LogP contribution in [-0.4, -0.2) is 34.4 Å². The molecule has 6 heteroatoms. The quantitative estimate of drug-likeness (QED) is 0.722. The third-order valence-electron chi connectivity index (χ3n) is 2.16. The van der Waals surface area contributed by atoms with Gasteiger partial charge < -0.3 is 9.47 Å². The molecule has 0 aliphatic rings. The number of aromatic nitrogens is 3. The zero-order valence-electron chi connectivity index (χ0n) is 9.22. The zero-order chi connectivity index (χ0) is 11.7. The Morgan fingerprint density at radius 2 is 2.06 bits per heavy atom. The highest BCUT2D eigenvalue weighted by Gasteiger charge is 2.12. The molecule has 0 aliphatic heterocycles. The number of carbonyl (C=O) groups is 1. The fourth-order valence-electron chi connectivity index (χ4n) is 1.35. The topological polar surface area (TPSA) is 65.7 Å². The van der Waals surface area contributed by atoms with E-state index in [1.54, 1.807) is 16.7 Å². The number of ketones is 1. The molecule has 2 heterocycles. The molecule has 0 saturated carbocycles. The second-order valence-electron chi connectivity index (χ2n) is 3.19. The molecular weight excluding hydrogens is 210 g/mol. The van der Waals surface area contributed by atoms with E-state index in [0.717, 1.165) is 0 Å². The summed E-state index contributed by atoms with van der Waals surface area (Å²) in [5.41, 5.74) is 0.346. The van der Waals surface area contributed by atoms with Gasteiger partial charge in [0.1, 0.15) is 5.69 Å². The van der Waals surface area contributed by atoms with Crippen molar-refractivity contribution in [2.45, 2.75) is 6.92 Å². The second kappa shape index (κ2) is 3.80. The monoisotopic (exact) mass is 221 g/mol. The first kappa shape index (κ1) is 10.4. The molecule has 0 spiro atoms. The van der Waals surface area contributed by atoms with Crippen molar-refractivity contribution in [3.05, 3.63) is 18.0 Å². The van der Waals surface area contributed by atoms with Crippen molar-refractivity contribution >= 4 is 11.6 Å². The number of hydrogen-bond donors (Lipinski definition) is 0. The third-order valence-corrected chi connectivity index (χ3v) is 2.16. The van der Waals surface area contributed by atoms with E-state index in [4.69, 9.17) is 9.47 Å². The van der Waals surface area contributed by atoms with E-state index in [-0.39, 0.29) is 5.78 Å². The van der Waals surface area contributed by atoms with Crippen molar-refractivity contribution in [3.63, 3.8) is 0 Å². The SMILES string of the molecule is COc1cc(OC)n2cc(C(C)=O)nc2n1. The first-order valence-corrected chi connectivity index (χ1v) is 4.64. The summed E-state index contributed by atoms with van der Waals surface area (Å²) in [6.07, 6.45) is 1.59. The van der Waals surface area contributed by atoms with Crippen molar-refractivity contribution in [1.29, 1.82) is 0 Å². The number of rotatable bonds is 3. The molecule has 0 saturated heterocycles. The van der Waals surface area contributed by atoms with Crippen LogP contribution in [0.5, 0.6) is 11.8 Å². The first-order chi connectivity index (χ1) is 7.65. The standard InChI is InChI=1S/C10H11N3O3/c1-6(14)7-5-13-9(16-3)4-8(15-2)12-10(13)11-7/h4-5H,1-3H3. The molecule has 0 amide bonds. The summed E-state index contributed by atoms with van der Waals surface area (Å²) in [6.45, 7) is 1.45. The molecule has 0 radical (unpaired) electrons. The van der Waals surface area contributed by atoms with Gasteiger partial charge in [0.15, 0.2) is 5.78 Å². The number of Topliss-reactive ketones (excluding diaryl/α,β-unsaturated/α-hetero) is 1. The number of nitrogens with zero attached hydrogens (tertiary/aromatic N) is 3. The number of fused-ring (bicyclic) bond motifs is 1. The van der Waals surface area contributed by atoms with Crippen LogP contribution in [0.25, 0.3) is 5.78 Å². The highest BCUT2D eigenvalue weighted by atomic mass is 16.5. The largest absolute Gasteiger partial charge is 0.482 e. The van der Waals surface area contributed by atoms with Gasteiger partial charge in [-0.25, -0.2) is 4.98 Å². The summed E-state index contributed by atoms with van der Waals surface area (Å²) < 4.78 is 11.8. The summed E-state index contributed by atoms with van der Waals surface area (Å²) >= 11 is 0. The molecule has 0 aliphatic carbocycles. The highest BCUT2D eigenvalue weighted by molar-refractivity contribution is 5.92. The van der Waals surface area contributed by atoms with Gasteiger partial charge in [-0.1, -0.05) is 0 Å². The van der Waals surface area contributed by atoms with Gasteiger partial charge in [-0.05, 0) is 0 Å². The summed E-state index contributed by atoms with van der Waals surface area (Å²) in [6, 6.07) is 1.62. The van der Waals surface area contributed by atoms with Gasteiger partial charge in [0.25, 0.3) is 0 Å². The van der Waals surface area contributed by atoms with Crippen molar-refractivity contribution in [3.8, 4) is 11.8 Å². The van der Waals surface area contributed by atoms with Crippen molar-refractivity contribution < 1.29 is 14.3 Å². The third kappa shape index (κ3) is 1.58. The molecule has 0 bridgehead atoms. The van der Waals surface area contributed by atoms with Crippen molar-refractivity contribution in [2.24, 2.45) is 0 Å². The lowest BCUT2D eigenvalue weighted by atomic mass is 10.3. The second-order valence-corrected chi connectivity index (χ2v) is 3.19. The van der Waals surface area contributed by atoms with Crippen LogP contribution in [0.4, 0.5) is 0 Å². The lowest BCUT2D eigenvalue weighted by Gasteiger charge is -2.04. The van der Waals surface area contributed by atoms with Crippen molar-refractivity contribution in [2.75, 3.05) is 14.2 Å². The average molecular weight is 221 g/mol. The maximum absolute atomic E-state index is 11.2. The van der Waals surface area contributed by atoms with Crippen LogP contribution in [0.2, 0.25) is 0 Å². The smallest absolute Gasteiger partial charge is 0.240 e. The van der Waals surface area contributed by atoms with Crippen molar-refractivity contribution in [1.82, 2.24) is 14.4 Å². The molecule has 0 N–H and O–H groups in total. The molecule has 2 aromatic heterocycles. The van der Waals surface area contributed by atoms with Gasteiger partial charge in [0.2, 0.25) is 17.5 Å². The Hall–Kier alpha value is -2.11. The molecule has 0 atom stereocenters. The maximum Gasteiger partial charge on any atom is 0.240 e. The Morgan fingerprint density at radius 3 is 2.62 bits per heavy atom. The minimum absolute atomic E-state index is 0.119. The van der Waals surface area contributed by atoms with Gasteiger partial charge in [0, 0.05) is 13.1 Å². The molecular formula is C10H11N3O3. The van der Waals surface area contributed by atoms with Gasteiger partial charge in [0.05, 0.1) is 20.3 Å². The Morgan fingerprint density at radius 1 is 1.31 bits per heavy atom. The van der Waals surface area contributed by atoms with Crippen LogP contribution >= 0.6 is 0 Å². The Bertz CT molecular complexity index is 547. The fourth-order valence-corrected chi connectivity index (χ4v) is 1.35. The normalized spacial score (nSPS) is 10.4. The van der Waals surface area contributed by atoms with Gasteiger partial charge >= 0.3 is 0 Å². The maximum atomic E-state index is 11.2. The highest BCUT2D eigenvalue weighted by Crippen LogP contribution is 2.19. The predicted molar refractivity (Wildman–Crippen MR) is 56.1 cm³/mol. The number of hydrogen-bond acceptors (Lipinski definition) is 5. The average Bonchev–Trinajstić information content (AvgIpc) is 2.71. The Balaban J connectivity index is 2.69. The van der Waals surface area contributed by atoms with Crippen LogP contribution in [0.1, 0.15) is 17.4 Å². The number of imidazole rings is 1. The summed E-state index contributed by atoms with van der Waals surface area (Å²) in [4.78, 5) is 19.4. The number of methoxy groups -OCH3 is 2. The predicted octanol–water partition coefficient (Wildman–Crippen LogP) is 0.949. The summed E-state index contributed by atoms with van der Waals surface area (Å²) in [7, 11) is 3.04. The van der Waals surface area contributed by atoms with Crippen LogP contribution in [0, 0.1) is 0 Å². The summed E-state index contributed by atoms with van der Waals surface area (Å²) in [5, 5.41) is 0. The molecule has 0 fully saturated rings. The molecule has 6 nitrogen and oxygen atoms in total. The van der Waals surface area contributed by atoms with Gasteiger partial charge in [-0.15, -0.1) is 0 Å². The molecule has 0 aromatic carbocycles. The lowest BCUT2D eigenvalue weighted by molar-refractivity contribution is 0.101. The minimum Gasteiger partial charge on any atom is -0.482 e. The molecule has 16 heavy (non-hydrogen) atoms. The Kier molecular flexibility index (Phi) is 2.47. The van der Waals surface area contributed by atoms with E-state index in [1.165, 1.54) is 21.1 Å². The van der Waals surface area contributed by atoms with Gasteiger partial charge in [-0.3, -0.25) is 9.20 Å². The van der Waals surface area contributed by atoms with Crippen LogP contribution in [0.3, 0.4) is 0 Å².